The fourth-order valence-corrected chi connectivity index (χ4v) is 0.862. The van der Waals surface area contributed by atoms with Crippen LogP contribution in [0.5, 0.6) is 0 Å². The molecule has 1 amide bonds. The lowest BCUT2D eigenvalue weighted by atomic mass is 10.3. The maximum atomic E-state index is 11.2. The number of alkyl carbamates (subject to hydrolysis) is 1. The Bertz CT molecular complexity index is 417. The number of nitrogens with zero attached hydrogens (tertiary/aromatic N) is 1. The fraction of sp³-hybridized carbons (Fsp3) is 0.182. The van der Waals surface area contributed by atoms with E-state index in [1.165, 1.54) is 6.20 Å². The Morgan fingerprint density at radius 2 is 2.41 bits per heavy atom. The van der Waals surface area contributed by atoms with Crippen LogP contribution in [0.2, 0.25) is 0 Å². The van der Waals surface area contributed by atoms with Gasteiger partial charge in [-0.1, -0.05) is 6.58 Å². The Morgan fingerprint density at radius 1 is 1.65 bits per heavy atom. The first kappa shape index (κ1) is 12.7. The summed E-state index contributed by atoms with van der Waals surface area (Å²) in [5.41, 5.74) is 0.460. The van der Waals surface area contributed by atoms with E-state index in [9.17, 15) is 4.79 Å². The van der Waals surface area contributed by atoms with Crippen molar-refractivity contribution in [1.29, 1.82) is 5.41 Å². The first-order chi connectivity index (χ1) is 8.09. The predicted molar refractivity (Wildman–Crippen MR) is 60.3 cm³/mol. The number of carbonyl (C=O) groups is 1. The summed E-state index contributed by atoms with van der Waals surface area (Å²) in [6, 6.07) is 3.14. The van der Waals surface area contributed by atoms with Crippen LogP contribution in [-0.2, 0) is 9.47 Å². The predicted octanol–water partition coefficient (Wildman–Crippen LogP) is 1.44. The van der Waals surface area contributed by atoms with Crippen molar-refractivity contribution in [3.05, 3.63) is 42.4 Å². The second kappa shape index (κ2) is 6.26. The third kappa shape index (κ3) is 4.78. The summed E-state index contributed by atoms with van der Waals surface area (Å²) >= 11 is 0. The minimum atomic E-state index is -0.774. The Balaban J connectivity index is 2.36. The molecule has 1 radical (unpaired) electrons. The zero-order valence-electron chi connectivity index (χ0n) is 9.32. The minimum absolute atomic E-state index is 0.105. The molecule has 0 spiro atoms. The van der Waals surface area contributed by atoms with E-state index in [2.05, 4.69) is 27.8 Å². The van der Waals surface area contributed by atoms with Gasteiger partial charge >= 0.3 is 6.09 Å². The van der Waals surface area contributed by atoms with Gasteiger partial charge in [-0.2, -0.15) is 0 Å². The van der Waals surface area contributed by atoms with Gasteiger partial charge in [-0.3, -0.25) is 15.7 Å². The number of amides is 1. The van der Waals surface area contributed by atoms with E-state index in [0.717, 1.165) is 0 Å². The molecule has 17 heavy (non-hydrogen) atoms. The Labute approximate surface area is 98.8 Å². The summed E-state index contributed by atoms with van der Waals surface area (Å²) in [5.74, 6) is 0.336. The molecule has 6 heteroatoms. The molecule has 0 unspecified atom stereocenters. The lowest BCUT2D eigenvalue weighted by Gasteiger charge is -2.08. The summed E-state index contributed by atoms with van der Waals surface area (Å²) in [5, 5.41) is 9.78. The van der Waals surface area contributed by atoms with Crippen molar-refractivity contribution in [2.75, 3.05) is 6.79 Å². The third-order valence-corrected chi connectivity index (χ3v) is 1.63. The molecule has 89 valence electrons. The highest BCUT2D eigenvalue weighted by Crippen LogP contribution is 1.95. The highest BCUT2D eigenvalue weighted by atomic mass is 16.7. The molecular weight excluding hydrogens is 222 g/mol. The van der Waals surface area contributed by atoms with Gasteiger partial charge in [-0.15, -0.1) is 0 Å². The Kier molecular flexibility index (Phi) is 4.68. The molecular formula is C11H12N3O3. The van der Waals surface area contributed by atoms with Crippen molar-refractivity contribution in [1.82, 2.24) is 10.3 Å². The smallest absolute Gasteiger partial charge is 0.415 e. The largest absolute Gasteiger partial charge is 0.463 e. The molecule has 0 saturated carbocycles. The van der Waals surface area contributed by atoms with E-state index in [-0.39, 0.29) is 12.6 Å². The summed E-state index contributed by atoms with van der Waals surface area (Å²) < 4.78 is 9.48. The van der Waals surface area contributed by atoms with Gasteiger partial charge in [0.1, 0.15) is 5.84 Å². The van der Waals surface area contributed by atoms with Crippen LogP contribution < -0.4 is 5.32 Å². The molecule has 0 aliphatic rings. The summed E-state index contributed by atoms with van der Waals surface area (Å²) in [7, 11) is 0. The topological polar surface area (TPSA) is 84.3 Å². The van der Waals surface area contributed by atoms with Crippen molar-refractivity contribution < 1.29 is 14.3 Å². The minimum Gasteiger partial charge on any atom is -0.463 e. The van der Waals surface area contributed by atoms with E-state index in [0.29, 0.717) is 11.3 Å². The van der Waals surface area contributed by atoms with Crippen molar-refractivity contribution in [3.8, 4) is 0 Å². The number of ether oxygens (including phenoxy) is 2. The van der Waals surface area contributed by atoms with Gasteiger partial charge in [0.2, 0.25) is 6.79 Å². The molecule has 0 aromatic carbocycles. The van der Waals surface area contributed by atoms with Gasteiger partial charge in [-0.25, -0.2) is 4.79 Å². The van der Waals surface area contributed by atoms with Crippen LogP contribution in [0.3, 0.4) is 0 Å². The molecule has 0 aliphatic heterocycles. The maximum absolute atomic E-state index is 11.2. The van der Waals surface area contributed by atoms with E-state index in [1.807, 2.05) is 0 Å². The molecule has 1 rings (SSSR count). The highest BCUT2D eigenvalue weighted by molar-refractivity contribution is 6.04. The number of nitrogens with one attached hydrogen (secondary N) is 2. The van der Waals surface area contributed by atoms with Crippen LogP contribution in [0.4, 0.5) is 4.79 Å². The molecule has 2 N–H and O–H groups in total. The molecule has 0 bridgehead atoms. The first-order valence-corrected chi connectivity index (χ1v) is 4.72. The number of hydrogen-bond donors (Lipinski definition) is 2. The Morgan fingerprint density at radius 3 is 3.00 bits per heavy atom. The summed E-state index contributed by atoms with van der Waals surface area (Å²) in [4.78, 5) is 14.9. The molecule has 1 heterocycles. The number of pyridine rings is 1. The summed E-state index contributed by atoms with van der Waals surface area (Å²) in [6.45, 7) is 4.87. The molecule has 0 aliphatic carbocycles. The van der Waals surface area contributed by atoms with Crippen LogP contribution >= 0.6 is 0 Å². The van der Waals surface area contributed by atoms with E-state index in [4.69, 9.17) is 10.1 Å². The normalized spacial score (nSPS) is 9.24. The average Bonchev–Trinajstić information content (AvgIpc) is 2.29. The van der Waals surface area contributed by atoms with Crippen LogP contribution in [0.15, 0.2) is 30.7 Å². The third-order valence-electron chi connectivity index (χ3n) is 1.63. The van der Waals surface area contributed by atoms with Crippen LogP contribution in [0.25, 0.3) is 0 Å². The van der Waals surface area contributed by atoms with Crippen molar-refractivity contribution in [2.24, 2.45) is 0 Å². The molecule has 6 nitrogen and oxygen atoms in total. The number of carbonyl (C=O) groups excluding carboxylic acids is 1. The Hall–Kier alpha value is -2.37. The monoisotopic (exact) mass is 234 g/mol. The maximum Gasteiger partial charge on any atom is 0.415 e. The molecule has 0 saturated heterocycles. The number of allylic oxidation sites excluding steroid dienone is 1. The van der Waals surface area contributed by atoms with Crippen molar-refractivity contribution in [3.63, 3.8) is 0 Å². The number of hydrogen-bond acceptors (Lipinski definition) is 5. The van der Waals surface area contributed by atoms with E-state index < -0.39 is 6.09 Å². The van der Waals surface area contributed by atoms with Gasteiger partial charge in [0, 0.05) is 11.8 Å². The SMILES string of the molecule is C=C(C)OCOC(=O)NC(=N)c1cc[c]nc1. The van der Waals surface area contributed by atoms with E-state index >= 15 is 0 Å². The zero-order valence-corrected chi connectivity index (χ0v) is 9.32. The average molecular weight is 234 g/mol. The lowest BCUT2D eigenvalue weighted by Crippen LogP contribution is -2.31. The van der Waals surface area contributed by atoms with Gasteiger partial charge < -0.3 is 9.47 Å². The standard InChI is InChI=1S/C11H12N3O3/c1-8(2)16-7-17-11(15)14-10(12)9-4-3-5-13-6-9/h3-4,6H,1,7H2,2H3,(H2,12,14,15). The van der Waals surface area contributed by atoms with Crippen LogP contribution in [0.1, 0.15) is 12.5 Å². The summed E-state index contributed by atoms with van der Waals surface area (Å²) in [6.07, 6.45) is 3.20. The van der Waals surface area contributed by atoms with Crippen molar-refractivity contribution >= 4 is 11.9 Å². The van der Waals surface area contributed by atoms with E-state index in [1.54, 1.807) is 19.1 Å². The van der Waals surface area contributed by atoms with Gasteiger partial charge in [0.25, 0.3) is 0 Å². The highest BCUT2D eigenvalue weighted by Gasteiger charge is 2.07. The molecule has 0 atom stereocenters. The lowest BCUT2D eigenvalue weighted by molar-refractivity contribution is 0.0231. The van der Waals surface area contributed by atoms with Crippen LogP contribution in [0, 0.1) is 11.6 Å². The number of amidine groups is 1. The number of aromatic nitrogens is 1. The zero-order chi connectivity index (χ0) is 12.7. The van der Waals surface area contributed by atoms with Gasteiger partial charge in [0.05, 0.1) is 12.0 Å². The van der Waals surface area contributed by atoms with Gasteiger partial charge in [0.15, 0.2) is 0 Å². The number of rotatable bonds is 4. The van der Waals surface area contributed by atoms with Crippen LogP contribution in [-0.4, -0.2) is 23.7 Å². The second-order valence-electron chi connectivity index (χ2n) is 3.07. The van der Waals surface area contributed by atoms with Crippen molar-refractivity contribution in [2.45, 2.75) is 6.92 Å². The molecule has 0 fully saturated rings. The second-order valence-corrected chi connectivity index (χ2v) is 3.07. The van der Waals surface area contributed by atoms with Gasteiger partial charge in [-0.05, 0) is 19.1 Å². The molecule has 1 aromatic heterocycles. The first-order valence-electron chi connectivity index (χ1n) is 4.72. The quantitative estimate of drug-likeness (QED) is 0.357. The molecule has 1 aromatic rings. The fourth-order valence-electron chi connectivity index (χ4n) is 0.862.